The summed E-state index contributed by atoms with van der Waals surface area (Å²) < 4.78 is 42.0. The molecule has 0 atom stereocenters. The van der Waals surface area contributed by atoms with Crippen molar-refractivity contribution in [2.24, 2.45) is 0 Å². The molecule has 8 heteroatoms. The smallest absolute Gasteiger partial charge is 0.405 e. The number of para-hydroxylation sites is 2. The van der Waals surface area contributed by atoms with Crippen LogP contribution in [-0.4, -0.2) is 26.5 Å². The monoisotopic (exact) mass is 370 g/mol. The van der Waals surface area contributed by atoms with Crippen LogP contribution in [0.25, 0.3) is 22.2 Å². The predicted molar refractivity (Wildman–Crippen MR) is 93.1 cm³/mol. The summed E-state index contributed by atoms with van der Waals surface area (Å²) in [6.07, 6.45) is -1.21. The maximum atomic E-state index is 12.6. The molecule has 0 amide bonds. The molecule has 0 saturated carbocycles. The van der Waals surface area contributed by atoms with Gasteiger partial charge in [0.15, 0.2) is 5.82 Å². The van der Waals surface area contributed by atoms with E-state index in [9.17, 15) is 13.2 Å². The van der Waals surface area contributed by atoms with Crippen molar-refractivity contribution in [2.75, 3.05) is 0 Å². The highest BCUT2D eigenvalue weighted by Crippen LogP contribution is 2.32. The van der Waals surface area contributed by atoms with Crippen LogP contribution in [0.5, 0.6) is 5.75 Å². The minimum Gasteiger partial charge on any atom is -0.405 e. The standard InChI is InChI=1S/C19H13F3N4O/c20-19(21,22)27-17-8-4-2-6-14(17)16-11-24-26-18(25-16)9-12-10-23-15-7-3-1-5-13(12)15/h1-8,10-11,23H,9H2. The van der Waals surface area contributed by atoms with Crippen LogP contribution in [0.3, 0.4) is 0 Å². The summed E-state index contributed by atoms with van der Waals surface area (Å²) in [4.78, 5) is 7.55. The minimum absolute atomic E-state index is 0.199. The summed E-state index contributed by atoms with van der Waals surface area (Å²) in [7, 11) is 0. The summed E-state index contributed by atoms with van der Waals surface area (Å²) >= 11 is 0. The van der Waals surface area contributed by atoms with Gasteiger partial charge in [0, 0.05) is 29.1 Å². The Labute approximate surface area is 151 Å². The highest BCUT2D eigenvalue weighted by Gasteiger charge is 2.32. The van der Waals surface area contributed by atoms with Gasteiger partial charge in [-0.2, -0.15) is 5.10 Å². The zero-order valence-corrected chi connectivity index (χ0v) is 13.9. The minimum atomic E-state index is -4.79. The Kier molecular flexibility index (Phi) is 4.23. The molecule has 0 aliphatic rings. The maximum absolute atomic E-state index is 12.6. The summed E-state index contributed by atoms with van der Waals surface area (Å²) in [6.45, 7) is 0. The number of alkyl halides is 3. The topological polar surface area (TPSA) is 63.7 Å². The van der Waals surface area contributed by atoms with Crippen molar-refractivity contribution < 1.29 is 17.9 Å². The van der Waals surface area contributed by atoms with E-state index < -0.39 is 6.36 Å². The van der Waals surface area contributed by atoms with Crippen LogP contribution in [0.2, 0.25) is 0 Å². The van der Waals surface area contributed by atoms with Gasteiger partial charge in [0.05, 0.1) is 11.9 Å². The molecule has 1 N–H and O–H groups in total. The highest BCUT2D eigenvalue weighted by molar-refractivity contribution is 5.83. The number of ether oxygens (including phenoxy) is 1. The Morgan fingerprint density at radius 2 is 1.78 bits per heavy atom. The first-order valence-electron chi connectivity index (χ1n) is 8.08. The van der Waals surface area contributed by atoms with Gasteiger partial charge in [-0.05, 0) is 23.8 Å². The number of nitrogens with one attached hydrogen (secondary N) is 1. The Morgan fingerprint density at radius 3 is 2.63 bits per heavy atom. The van der Waals surface area contributed by atoms with E-state index in [1.807, 2.05) is 30.5 Å². The Bertz CT molecular complexity index is 1090. The van der Waals surface area contributed by atoms with Crippen LogP contribution in [-0.2, 0) is 6.42 Å². The van der Waals surface area contributed by atoms with E-state index in [2.05, 4.69) is 24.9 Å². The average molecular weight is 370 g/mol. The van der Waals surface area contributed by atoms with Gasteiger partial charge >= 0.3 is 6.36 Å². The third-order valence-electron chi connectivity index (χ3n) is 4.01. The second kappa shape index (κ2) is 6.71. The molecule has 2 aromatic heterocycles. The number of aromatic amines is 1. The van der Waals surface area contributed by atoms with Crippen LogP contribution in [0.15, 0.2) is 60.9 Å². The molecule has 5 nitrogen and oxygen atoms in total. The molecular formula is C19H13F3N4O. The van der Waals surface area contributed by atoms with Crippen molar-refractivity contribution in [2.45, 2.75) is 12.8 Å². The van der Waals surface area contributed by atoms with Gasteiger partial charge in [-0.3, -0.25) is 0 Å². The molecule has 0 saturated heterocycles. The SMILES string of the molecule is FC(F)(F)Oc1ccccc1-c1cnnc(Cc2c[nH]c3ccccc23)n1. The molecule has 2 heterocycles. The van der Waals surface area contributed by atoms with Gasteiger partial charge in [-0.1, -0.05) is 30.3 Å². The van der Waals surface area contributed by atoms with E-state index in [-0.39, 0.29) is 17.0 Å². The second-order valence-electron chi connectivity index (χ2n) is 5.84. The van der Waals surface area contributed by atoms with E-state index in [0.29, 0.717) is 12.2 Å². The molecular weight excluding hydrogens is 357 g/mol. The lowest BCUT2D eigenvalue weighted by atomic mass is 10.1. The fraction of sp³-hybridized carbons (Fsp3) is 0.105. The summed E-state index contributed by atoms with van der Waals surface area (Å²) in [5.74, 6) is 0.0719. The summed E-state index contributed by atoms with van der Waals surface area (Å²) in [5.41, 5.74) is 2.43. The molecule has 0 radical (unpaired) electrons. The number of aromatic nitrogens is 4. The van der Waals surface area contributed by atoms with Crippen LogP contribution in [0.4, 0.5) is 13.2 Å². The molecule has 4 aromatic rings. The third-order valence-corrected chi connectivity index (χ3v) is 4.01. The number of rotatable bonds is 4. The van der Waals surface area contributed by atoms with E-state index >= 15 is 0 Å². The fourth-order valence-electron chi connectivity index (χ4n) is 2.89. The average Bonchev–Trinajstić information content (AvgIpc) is 3.04. The van der Waals surface area contributed by atoms with Gasteiger partial charge in [-0.15, -0.1) is 18.3 Å². The molecule has 0 unspecified atom stereocenters. The Morgan fingerprint density at radius 1 is 1.00 bits per heavy atom. The summed E-state index contributed by atoms with van der Waals surface area (Å²) in [5, 5.41) is 8.95. The number of hydrogen-bond acceptors (Lipinski definition) is 4. The lowest BCUT2D eigenvalue weighted by molar-refractivity contribution is -0.274. The molecule has 0 fully saturated rings. The quantitative estimate of drug-likeness (QED) is 0.574. The Hall–Kier alpha value is -3.42. The van der Waals surface area contributed by atoms with Crippen molar-refractivity contribution in [1.29, 1.82) is 0 Å². The first-order chi connectivity index (χ1) is 13.0. The molecule has 0 aliphatic heterocycles. The van der Waals surface area contributed by atoms with Crippen LogP contribution in [0.1, 0.15) is 11.4 Å². The lowest BCUT2D eigenvalue weighted by Crippen LogP contribution is -2.17. The zero-order valence-electron chi connectivity index (χ0n) is 13.9. The second-order valence-corrected chi connectivity index (χ2v) is 5.84. The van der Waals surface area contributed by atoms with E-state index in [1.165, 1.54) is 24.4 Å². The van der Waals surface area contributed by atoms with Crippen molar-refractivity contribution >= 4 is 10.9 Å². The number of fused-ring (bicyclic) bond motifs is 1. The van der Waals surface area contributed by atoms with Gasteiger partial charge < -0.3 is 9.72 Å². The number of hydrogen-bond donors (Lipinski definition) is 1. The normalized spacial score (nSPS) is 11.7. The zero-order chi connectivity index (χ0) is 18.9. The van der Waals surface area contributed by atoms with Crippen LogP contribution >= 0.6 is 0 Å². The van der Waals surface area contributed by atoms with Crippen molar-refractivity contribution in [3.8, 4) is 17.0 Å². The fourth-order valence-corrected chi connectivity index (χ4v) is 2.89. The van der Waals surface area contributed by atoms with E-state index in [1.54, 1.807) is 6.07 Å². The first-order valence-corrected chi connectivity index (χ1v) is 8.08. The number of H-pyrrole nitrogens is 1. The predicted octanol–water partition coefficient (Wildman–Crippen LogP) is 4.51. The van der Waals surface area contributed by atoms with Gasteiger partial charge in [0.1, 0.15) is 5.75 Å². The van der Waals surface area contributed by atoms with Crippen molar-refractivity contribution in [3.63, 3.8) is 0 Å². The first kappa shape index (κ1) is 17.0. The van der Waals surface area contributed by atoms with Gasteiger partial charge in [0.2, 0.25) is 0 Å². The van der Waals surface area contributed by atoms with E-state index in [0.717, 1.165) is 16.5 Å². The largest absolute Gasteiger partial charge is 0.573 e. The number of nitrogens with zero attached hydrogens (tertiary/aromatic N) is 3. The van der Waals surface area contributed by atoms with Crippen LogP contribution < -0.4 is 4.74 Å². The molecule has 136 valence electrons. The maximum Gasteiger partial charge on any atom is 0.573 e. The van der Waals surface area contributed by atoms with Crippen molar-refractivity contribution in [1.82, 2.24) is 20.2 Å². The van der Waals surface area contributed by atoms with Crippen molar-refractivity contribution in [3.05, 3.63) is 72.3 Å². The third kappa shape index (κ3) is 3.74. The molecule has 2 aromatic carbocycles. The Balaban J connectivity index is 1.68. The summed E-state index contributed by atoms with van der Waals surface area (Å²) in [6, 6.07) is 13.6. The molecule has 4 rings (SSSR count). The van der Waals surface area contributed by atoms with Crippen LogP contribution in [0, 0.1) is 0 Å². The number of benzene rings is 2. The molecule has 0 spiro atoms. The van der Waals surface area contributed by atoms with Gasteiger partial charge in [-0.25, -0.2) is 4.98 Å². The molecule has 0 bridgehead atoms. The van der Waals surface area contributed by atoms with E-state index in [4.69, 9.17) is 0 Å². The highest BCUT2D eigenvalue weighted by atomic mass is 19.4. The van der Waals surface area contributed by atoms with Gasteiger partial charge in [0.25, 0.3) is 0 Å². The molecule has 0 aliphatic carbocycles. The lowest BCUT2D eigenvalue weighted by Gasteiger charge is -2.12. The number of halogens is 3. The molecule has 27 heavy (non-hydrogen) atoms.